The van der Waals surface area contributed by atoms with Gasteiger partial charge in [0.2, 0.25) is 0 Å². The number of likely N-dealkylation sites (N-methyl/N-ethyl adjacent to an activating group) is 1. The van der Waals surface area contributed by atoms with Gasteiger partial charge in [-0.05, 0) is 117 Å². The molecule has 1 aromatic carbocycles. The summed E-state index contributed by atoms with van der Waals surface area (Å²) >= 11 is 0. The predicted molar refractivity (Wildman–Crippen MR) is 150 cm³/mol. The van der Waals surface area contributed by atoms with Crippen LogP contribution in [0.3, 0.4) is 0 Å². The molecular formula is C34H55N. The van der Waals surface area contributed by atoms with E-state index in [1.807, 2.05) is 0 Å². The van der Waals surface area contributed by atoms with Crippen LogP contribution in [0.1, 0.15) is 111 Å². The fraction of sp³-hybridized carbons (Fsp3) is 0.824. The average Bonchev–Trinajstić information content (AvgIpc) is 3.19. The molecule has 3 aliphatic carbocycles. The molecule has 1 aromatic rings. The van der Waals surface area contributed by atoms with E-state index in [9.17, 15) is 0 Å². The van der Waals surface area contributed by atoms with Crippen LogP contribution in [0.15, 0.2) is 30.3 Å². The second-order valence-electron chi connectivity index (χ2n) is 14.6. The number of likely N-dealkylation sites (tertiary alicyclic amines) is 1. The van der Waals surface area contributed by atoms with Crippen molar-refractivity contribution >= 4 is 0 Å². The average molecular weight is 478 g/mol. The fourth-order valence-corrected chi connectivity index (χ4v) is 10.5. The second-order valence-corrected chi connectivity index (χ2v) is 14.6. The molecule has 0 radical (unpaired) electrons. The van der Waals surface area contributed by atoms with Gasteiger partial charge in [-0.25, -0.2) is 0 Å². The van der Waals surface area contributed by atoms with Gasteiger partial charge in [0.1, 0.15) is 0 Å². The largest absolute Gasteiger partial charge is 0.300 e. The van der Waals surface area contributed by atoms with E-state index in [1.165, 1.54) is 82.6 Å². The van der Waals surface area contributed by atoms with E-state index in [1.54, 1.807) is 0 Å². The summed E-state index contributed by atoms with van der Waals surface area (Å²) in [6.45, 7) is 12.9. The minimum absolute atomic E-state index is 0.535. The minimum Gasteiger partial charge on any atom is -0.300 e. The normalized spacial score (nSPS) is 42.4. The first-order valence-electron chi connectivity index (χ1n) is 15.5. The lowest BCUT2D eigenvalue weighted by Crippen LogP contribution is -2.62. The maximum absolute atomic E-state index is 2.86. The first kappa shape index (κ1) is 25.8. The first-order chi connectivity index (χ1) is 16.7. The van der Waals surface area contributed by atoms with Crippen molar-refractivity contribution in [2.24, 2.45) is 46.3 Å². The van der Waals surface area contributed by atoms with Gasteiger partial charge >= 0.3 is 0 Å². The summed E-state index contributed by atoms with van der Waals surface area (Å²) < 4.78 is 0. The van der Waals surface area contributed by atoms with Crippen LogP contribution in [0.4, 0.5) is 0 Å². The Labute approximate surface area is 217 Å². The Hall–Kier alpha value is -0.820. The van der Waals surface area contributed by atoms with E-state index in [-0.39, 0.29) is 0 Å². The molecular weight excluding hydrogens is 422 g/mol. The first-order valence-corrected chi connectivity index (χ1v) is 15.5. The van der Waals surface area contributed by atoms with Gasteiger partial charge < -0.3 is 0 Å². The van der Waals surface area contributed by atoms with Gasteiger partial charge in [0, 0.05) is 12.1 Å². The van der Waals surface area contributed by atoms with Gasteiger partial charge in [-0.15, -0.1) is 0 Å². The quantitative estimate of drug-likeness (QED) is 0.378. The molecule has 3 saturated carbocycles. The Kier molecular flexibility index (Phi) is 7.49. The summed E-state index contributed by atoms with van der Waals surface area (Å²) in [5, 5.41) is 0. The number of piperidine rings is 1. The zero-order chi connectivity index (χ0) is 24.8. The molecule has 196 valence electrons. The van der Waals surface area contributed by atoms with E-state index in [0.29, 0.717) is 10.8 Å². The highest BCUT2D eigenvalue weighted by Crippen LogP contribution is 2.67. The molecule has 1 nitrogen and oxygen atoms in total. The van der Waals surface area contributed by atoms with E-state index in [2.05, 4.69) is 76.9 Å². The summed E-state index contributed by atoms with van der Waals surface area (Å²) in [6, 6.07) is 12.8. The van der Waals surface area contributed by atoms with Crippen molar-refractivity contribution in [2.45, 2.75) is 124 Å². The molecule has 4 fully saturated rings. The molecule has 9 atom stereocenters. The zero-order valence-electron chi connectivity index (χ0n) is 23.9. The lowest BCUT2D eigenvalue weighted by Gasteiger charge is -2.63. The van der Waals surface area contributed by atoms with Crippen molar-refractivity contribution < 1.29 is 0 Å². The molecule has 0 amide bonds. The summed E-state index contributed by atoms with van der Waals surface area (Å²) in [7, 11) is 2.48. The summed E-state index contributed by atoms with van der Waals surface area (Å²) in [5.74, 6) is 5.74. The van der Waals surface area contributed by atoms with Crippen molar-refractivity contribution in [1.82, 2.24) is 4.90 Å². The third-order valence-electron chi connectivity index (χ3n) is 12.4. The number of fused-ring (bicyclic) bond motifs is 5. The van der Waals surface area contributed by atoms with Crippen LogP contribution >= 0.6 is 0 Å². The van der Waals surface area contributed by atoms with Crippen molar-refractivity contribution in [3.8, 4) is 0 Å². The topological polar surface area (TPSA) is 3.24 Å². The number of benzene rings is 1. The van der Waals surface area contributed by atoms with Crippen LogP contribution in [0, 0.1) is 46.3 Å². The predicted octanol–water partition coefficient (Wildman–Crippen LogP) is 9.01. The van der Waals surface area contributed by atoms with Crippen LogP contribution in [0.2, 0.25) is 0 Å². The van der Waals surface area contributed by atoms with E-state index in [0.717, 1.165) is 47.6 Å². The van der Waals surface area contributed by atoms with Gasteiger partial charge in [-0.2, -0.15) is 0 Å². The summed E-state index contributed by atoms with van der Waals surface area (Å²) in [4.78, 5) is 2.86. The molecule has 0 N–H and O–H groups in total. The van der Waals surface area contributed by atoms with Crippen molar-refractivity contribution in [2.75, 3.05) is 7.05 Å². The van der Waals surface area contributed by atoms with E-state index >= 15 is 0 Å². The highest BCUT2D eigenvalue weighted by Gasteiger charge is 2.61. The SMILES string of the molecule is CC(C)CCC[C@@H](C)[C@H]1CC[C@H]2[C@H]3CC[C@H]4N(C)[C@@H](Cc5ccccc5)CC[C@]4(C)[C@@H]3CC[C@]12C. The monoisotopic (exact) mass is 477 g/mol. The third kappa shape index (κ3) is 4.66. The number of rotatable bonds is 7. The number of hydrogen-bond donors (Lipinski definition) is 0. The smallest absolute Gasteiger partial charge is 0.0152 e. The van der Waals surface area contributed by atoms with Crippen LogP contribution in [-0.4, -0.2) is 24.0 Å². The maximum Gasteiger partial charge on any atom is 0.0152 e. The highest BCUT2D eigenvalue weighted by molar-refractivity contribution is 5.18. The molecule has 0 unspecified atom stereocenters. The van der Waals surface area contributed by atoms with Gasteiger partial charge in [0.15, 0.2) is 0 Å². The lowest BCUT2D eigenvalue weighted by molar-refractivity contribution is -0.136. The molecule has 35 heavy (non-hydrogen) atoms. The Morgan fingerprint density at radius 1 is 0.829 bits per heavy atom. The lowest BCUT2D eigenvalue weighted by atomic mass is 9.46. The van der Waals surface area contributed by atoms with Crippen molar-refractivity contribution in [1.29, 1.82) is 0 Å². The van der Waals surface area contributed by atoms with E-state index in [4.69, 9.17) is 0 Å². The third-order valence-corrected chi connectivity index (χ3v) is 12.4. The molecule has 1 saturated heterocycles. The molecule has 1 aliphatic heterocycles. The van der Waals surface area contributed by atoms with Gasteiger partial charge in [0.05, 0.1) is 0 Å². The Bertz CT molecular complexity index is 830. The van der Waals surface area contributed by atoms with Crippen LogP contribution in [-0.2, 0) is 6.42 Å². The van der Waals surface area contributed by atoms with Crippen LogP contribution in [0.5, 0.6) is 0 Å². The molecule has 5 rings (SSSR count). The Balaban J connectivity index is 1.27. The molecule has 4 aliphatic rings. The maximum atomic E-state index is 2.86. The van der Waals surface area contributed by atoms with E-state index < -0.39 is 0 Å². The molecule has 0 aromatic heterocycles. The van der Waals surface area contributed by atoms with Gasteiger partial charge in [0.25, 0.3) is 0 Å². The van der Waals surface area contributed by atoms with Gasteiger partial charge in [-0.3, -0.25) is 4.90 Å². The highest BCUT2D eigenvalue weighted by atomic mass is 15.2. The zero-order valence-corrected chi connectivity index (χ0v) is 23.9. The summed E-state index contributed by atoms with van der Waals surface area (Å²) in [6.07, 6.45) is 17.4. The molecule has 1 heterocycles. The number of hydrogen-bond acceptors (Lipinski definition) is 1. The molecule has 0 spiro atoms. The Morgan fingerprint density at radius 3 is 2.29 bits per heavy atom. The molecule has 0 bridgehead atoms. The fourth-order valence-electron chi connectivity index (χ4n) is 10.5. The molecule has 1 heteroatoms. The summed E-state index contributed by atoms with van der Waals surface area (Å²) in [5.41, 5.74) is 2.68. The van der Waals surface area contributed by atoms with Crippen molar-refractivity contribution in [3.05, 3.63) is 35.9 Å². The second kappa shape index (κ2) is 10.2. The standard InChI is InChI=1S/C34H55N/c1-24(2)11-10-12-25(3)29-16-17-30-28-15-18-32-34(5,31(28)20-22-33(29,30)4)21-19-27(35(32)6)23-26-13-8-7-9-14-26/h7-9,13-14,24-25,27-32H,10-12,15-23H2,1-6H3/t25-,27-,28-,29-,30+,31-,32-,33-,34-/m1/s1. The van der Waals surface area contributed by atoms with Crippen molar-refractivity contribution in [3.63, 3.8) is 0 Å². The Morgan fingerprint density at radius 2 is 1.54 bits per heavy atom. The van der Waals surface area contributed by atoms with Gasteiger partial charge in [-0.1, -0.05) is 84.2 Å². The van der Waals surface area contributed by atoms with Crippen LogP contribution < -0.4 is 0 Å². The van der Waals surface area contributed by atoms with Crippen LogP contribution in [0.25, 0.3) is 0 Å². The number of nitrogens with zero attached hydrogens (tertiary/aromatic N) is 1. The minimum atomic E-state index is 0.535.